The van der Waals surface area contributed by atoms with Gasteiger partial charge in [-0.05, 0) is 12.8 Å². The molecule has 0 aliphatic heterocycles. The minimum atomic E-state index is -0.270. The van der Waals surface area contributed by atoms with Gasteiger partial charge in [0.05, 0.1) is 0 Å². The van der Waals surface area contributed by atoms with Crippen molar-refractivity contribution in [1.82, 2.24) is 0 Å². The van der Waals surface area contributed by atoms with Crippen molar-refractivity contribution in [3.8, 4) is 0 Å². The molecule has 2 nitrogen and oxygen atoms in total. The average Bonchev–Trinajstić information content (AvgIpc) is 2.44. The summed E-state index contributed by atoms with van der Waals surface area (Å²) in [6, 6.07) is 0. The third kappa shape index (κ3) is 11.2. The zero-order chi connectivity index (χ0) is 14.3. The number of unbranched alkanes of at least 4 members (excludes halogenated alkanes) is 8. The molecule has 0 aromatic carbocycles. The van der Waals surface area contributed by atoms with Gasteiger partial charge < -0.3 is 5.11 Å². The number of aliphatic hydroxyl groups is 1. The van der Waals surface area contributed by atoms with E-state index in [0.717, 1.165) is 25.7 Å². The number of rotatable bonds is 14. The topological polar surface area (TPSA) is 37.3 Å². The van der Waals surface area contributed by atoms with Crippen LogP contribution in [-0.2, 0) is 4.79 Å². The van der Waals surface area contributed by atoms with Crippen molar-refractivity contribution in [3.05, 3.63) is 0 Å². The molecule has 1 N–H and O–H groups in total. The molecule has 0 aromatic rings. The summed E-state index contributed by atoms with van der Waals surface area (Å²) >= 11 is 0. The fraction of sp³-hybridized carbons (Fsp3) is 0.941. The number of hydrogen-bond acceptors (Lipinski definition) is 2. The summed E-state index contributed by atoms with van der Waals surface area (Å²) in [5, 5.41) is 9.03. The fourth-order valence-electron chi connectivity index (χ4n) is 2.58. The number of ketones is 1. The maximum atomic E-state index is 11.7. The van der Waals surface area contributed by atoms with Crippen molar-refractivity contribution < 1.29 is 9.90 Å². The lowest BCUT2D eigenvalue weighted by molar-refractivity contribution is -0.126. The van der Waals surface area contributed by atoms with E-state index < -0.39 is 0 Å². The summed E-state index contributed by atoms with van der Waals surface area (Å²) in [5.41, 5.74) is 0. The van der Waals surface area contributed by atoms with Crippen molar-refractivity contribution >= 4 is 5.78 Å². The van der Waals surface area contributed by atoms with E-state index in [1.54, 1.807) is 0 Å². The first-order chi connectivity index (χ1) is 9.26. The van der Waals surface area contributed by atoms with Crippen LogP contribution in [0.1, 0.15) is 90.9 Å². The number of Topliss-reactive ketones (excluding diaryl/α,β-unsaturated/α-hetero) is 1. The Morgan fingerprint density at radius 3 is 1.68 bits per heavy atom. The van der Waals surface area contributed by atoms with E-state index in [1.165, 1.54) is 51.4 Å². The molecule has 0 radical (unpaired) electrons. The molecule has 0 fully saturated rings. The second kappa shape index (κ2) is 14.0. The van der Waals surface area contributed by atoms with E-state index in [4.69, 9.17) is 5.11 Å². The molecule has 0 aliphatic rings. The van der Waals surface area contributed by atoms with Crippen LogP contribution >= 0.6 is 0 Å². The Labute approximate surface area is 120 Å². The van der Waals surface area contributed by atoms with Crippen LogP contribution in [0.15, 0.2) is 0 Å². The van der Waals surface area contributed by atoms with Crippen molar-refractivity contribution in [2.75, 3.05) is 6.61 Å². The standard InChI is InChI=1S/C17H34O2/c1-3-5-7-9-10-12-14-16(17(19)15-18)13-11-8-6-4-2/h16,18H,3-15H2,1-2H3. The predicted molar refractivity (Wildman–Crippen MR) is 82.3 cm³/mol. The van der Waals surface area contributed by atoms with Crippen LogP contribution in [0, 0.1) is 5.92 Å². The molecule has 1 unspecified atom stereocenters. The molecule has 114 valence electrons. The Hall–Kier alpha value is -0.370. The number of carbonyl (C=O) groups excluding carboxylic acids is 1. The summed E-state index contributed by atoms with van der Waals surface area (Å²) < 4.78 is 0. The molecule has 0 amide bonds. The Kier molecular flexibility index (Phi) is 13.8. The lowest BCUT2D eigenvalue weighted by atomic mass is 9.91. The first-order valence-corrected chi connectivity index (χ1v) is 8.39. The Morgan fingerprint density at radius 2 is 1.21 bits per heavy atom. The highest BCUT2D eigenvalue weighted by Crippen LogP contribution is 2.19. The maximum Gasteiger partial charge on any atom is 0.161 e. The quantitative estimate of drug-likeness (QED) is 0.456. The highest BCUT2D eigenvalue weighted by atomic mass is 16.3. The lowest BCUT2D eigenvalue weighted by Gasteiger charge is -2.14. The summed E-state index contributed by atoms with van der Waals surface area (Å²) in [6.45, 7) is 4.16. The van der Waals surface area contributed by atoms with Crippen molar-refractivity contribution in [3.63, 3.8) is 0 Å². The van der Waals surface area contributed by atoms with Gasteiger partial charge in [0.15, 0.2) is 5.78 Å². The van der Waals surface area contributed by atoms with Crippen molar-refractivity contribution in [2.24, 2.45) is 5.92 Å². The monoisotopic (exact) mass is 270 g/mol. The molecular weight excluding hydrogens is 236 g/mol. The maximum absolute atomic E-state index is 11.7. The summed E-state index contributed by atoms with van der Waals surface area (Å²) in [4.78, 5) is 11.7. The van der Waals surface area contributed by atoms with Gasteiger partial charge in [-0.3, -0.25) is 4.79 Å². The largest absolute Gasteiger partial charge is 0.389 e. The second-order valence-corrected chi connectivity index (χ2v) is 5.73. The zero-order valence-electron chi connectivity index (χ0n) is 13.1. The molecule has 0 heterocycles. The second-order valence-electron chi connectivity index (χ2n) is 5.73. The van der Waals surface area contributed by atoms with E-state index in [2.05, 4.69) is 13.8 Å². The Balaban J connectivity index is 3.71. The van der Waals surface area contributed by atoms with Gasteiger partial charge >= 0.3 is 0 Å². The Bertz CT molecular complexity index is 201. The molecule has 19 heavy (non-hydrogen) atoms. The van der Waals surface area contributed by atoms with Gasteiger partial charge in [-0.2, -0.15) is 0 Å². The van der Waals surface area contributed by atoms with Gasteiger partial charge in [0.2, 0.25) is 0 Å². The third-order valence-corrected chi connectivity index (χ3v) is 3.92. The Morgan fingerprint density at radius 1 is 0.789 bits per heavy atom. The van der Waals surface area contributed by atoms with Crippen LogP contribution in [-0.4, -0.2) is 17.5 Å². The molecule has 0 rings (SSSR count). The molecule has 0 saturated heterocycles. The van der Waals surface area contributed by atoms with Crippen LogP contribution in [0.25, 0.3) is 0 Å². The van der Waals surface area contributed by atoms with Crippen LogP contribution < -0.4 is 0 Å². The molecule has 2 heteroatoms. The molecule has 1 atom stereocenters. The molecule has 0 bridgehead atoms. The van der Waals surface area contributed by atoms with Gasteiger partial charge in [-0.15, -0.1) is 0 Å². The number of carbonyl (C=O) groups is 1. The van der Waals surface area contributed by atoms with Gasteiger partial charge in [-0.25, -0.2) is 0 Å². The first kappa shape index (κ1) is 18.6. The minimum Gasteiger partial charge on any atom is -0.389 e. The van der Waals surface area contributed by atoms with E-state index in [-0.39, 0.29) is 18.3 Å². The SMILES string of the molecule is CCCCCCCCC(CCCCCC)C(=O)CO. The van der Waals surface area contributed by atoms with Gasteiger partial charge in [0, 0.05) is 5.92 Å². The summed E-state index contributed by atoms with van der Waals surface area (Å²) in [5.74, 6) is 0.179. The van der Waals surface area contributed by atoms with E-state index in [9.17, 15) is 4.79 Å². The third-order valence-electron chi connectivity index (χ3n) is 3.92. The predicted octanol–water partition coefficient (Wildman–Crippen LogP) is 4.89. The van der Waals surface area contributed by atoms with Crippen LogP contribution in [0.4, 0.5) is 0 Å². The molecular formula is C17H34O2. The molecule has 0 aliphatic carbocycles. The molecule has 0 spiro atoms. The van der Waals surface area contributed by atoms with Gasteiger partial charge in [0.25, 0.3) is 0 Å². The summed E-state index contributed by atoms with van der Waals surface area (Å²) in [6.07, 6.45) is 14.4. The minimum absolute atomic E-state index is 0.0602. The first-order valence-electron chi connectivity index (χ1n) is 8.39. The van der Waals surface area contributed by atoms with Gasteiger partial charge in [-0.1, -0.05) is 78.1 Å². The van der Waals surface area contributed by atoms with Crippen LogP contribution in [0.3, 0.4) is 0 Å². The lowest BCUT2D eigenvalue weighted by Crippen LogP contribution is -2.18. The average molecular weight is 270 g/mol. The zero-order valence-corrected chi connectivity index (χ0v) is 13.1. The normalized spacial score (nSPS) is 12.6. The smallest absolute Gasteiger partial charge is 0.161 e. The van der Waals surface area contributed by atoms with Crippen molar-refractivity contribution in [2.45, 2.75) is 90.9 Å². The van der Waals surface area contributed by atoms with Crippen LogP contribution in [0.5, 0.6) is 0 Å². The fourth-order valence-corrected chi connectivity index (χ4v) is 2.58. The van der Waals surface area contributed by atoms with E-state index >= 15 is 0 Å². The van der Waals surface area contributed by atoms with Gasteiger partial charge in [0.1, 0.15) is 6.61 Å². The molecule has 0 aromatic heterocycles. The highest BCUT2D eigenvalue weighted by molar-refractivity contribution is 5.81. The highest BCUT2D eigenvalue weighted by Gasteiger charge is 2.16. The van der Waals surface area contributed by atoms with E-state index in [1.807, 2.05) is 0 Å². The number of hydrogen-bond donors (Lipinski definition) is 1. The van der Waals surface area contributed by atoms with E-state index in [0.29, 0.717) is 0 Å². The molecule has 0 saturated carbocycles. The van der Waals surface area contributed by atoms with Crippen LogP contribution in [0.2, 0.25) is 0 Å². The van der Waals surface area contributed by atoms with Crippen molar-refractivity contribution in [1.29, 1.82) is 0 Å². The number of aliphatic hydroxyl groups excluding tert-OH is 1. The summed E-state index contributed by atoms with van der Waals surface area (Å²) in [7, 11) is 0.